The van der Waals surface area contributed by atoms with E-state index in [0.717, 1.165) is 32.4 Å². The van der Waals surface area contributed by atoms with Crippen LogP contribution in [0.15, 0.2) is 0 Å². The highest BCUT2D eigenvalue weighted by atomic mass is 16.3. The van der Waals surface area contributed by atoms with E-state index in [4.69, 9.17) is 0 Å². The van der Waals surface area contributed by atoms with Gasteiger partial charge in [-0.15, -0.1) is 0 Å². The number of carbonyl (C=O) groups excluding carboxylic acids is 1. The second-order valence-electron chi connectivity index (χ2n) is 4.91. The molecule has 4 nitrogen and oxygen atoms in total. The van der Waals surface area contributed by atoms with Crippen molar-refractivity contribution in [2.45, 2.75) is 45.1 Å². The smallest absolute Gasteiger partial charge is 0.236 e. The van der Waals surface area contributed by atoms with Crippen LogP contribution >= 0.6 is 0 Å². The van der Waals surface area contributed by atoms with Gasteiger partial charge in [0.1, 0.15) is 0 Å². The highest BCUT2D eigenvalue weighted by Crippen LogP contribution is 2.21. The number of rotatable bonds is 4. The van der Waals surface area contributed by atoms with Gasteiger partial charge in [-0.2, -0.15) is 0 Å². The fourth-order valence-electron chi connectivity index (χ4n) is 2.00. The Hall–Kier alpha value is -0.610. The third-order valence-electron chi connectivity index (χ3n) is 3.12. The largest absolute Gasteiger partial charge is 0.390 e. The fraction of sp³-hybridized carbons (Fsp3) is 0.917. The molecular weight excluding hydrogens is 204 g/mol. The molecule has 0 aromatic rings. The van der Waals surface area contributed by atoms with E-state index < -0.39 is 5.60 Å². The first-order valence-corrected chi connectivity index (χ1v) is 6.26. The maximum absolute atomic E-state index is 11.8. The molecular formula is C12H24N2O2. The third-order valence-corrected chi connectivity index (χ3v) is 3.12. The molecule has 1 heterocycles. The van der Waals surface area contributed by atoms with E-state index in [1.54, 1.807) is 0 Å². The van der Waals surface area contributed by atoms with Crippen molar-refractivity contribution in [3.63, 3.8) is 0 Å². The molecule has 1 atom stereocenters. The summed E-state index contributed by atoms with van der Waals surface area (Å²) in [6, 6.07) is 0. The lowest BCUT2D eigenvalue weighted by atomic mass is 9.98. The molecule has 1 aliphatic rings. The zero-order valence-corrected chi connectivity index (χ0v) is 10.5. The van der Waals surface area contributed by atoms with Crippen molar-refractivity contribution in [2.75, 3.05) is 26.2 Å². The molecule has 0 aromatic heterocycles. The molecule has 1 saturated heterocycles. The Morgan fingerprint density at radius 1 is 1.44 bits per heavy atom. The monoisotopic (exact) mass is 228 g/mol. The Morgan fingerprint density at radius 2 is 2.19 bits per heavy atom. The summed E-state index contributed by atoms with van der Waals surface area (Å²) >= 11 is 0. The lowest BCUT2D eigenvalue weighted by Gasteiger charge is -2.22. The number of carbonyl (C=O) groups is 1. The zero-order chi connectivity index (χ0) is 12.0. The second-order valence-corrected chi connectivity index (χ2v) is 4.91. The molecule has 1 unspecified atom stereocenters. The lowest BCUT2D eigenvalue weighted by molar-refractivity contribution is -0.130. The number of hydrogen-bond donors (Lipinski definition) is 2. The summed E-state index contributed by atoms with van der Waals surface area (Å²) in [5.41, 5.74) is -0.591. The van der Waals surface area contributed by atoms with Crippen molar-refractivity contribution in [2.24, 2.45) is 0 Å². The van der Waals surface area contributed by atoms with Gasteiger partial charge in [-0.1, -0.05) is 6.92 Å². The van der Waals surface area contributed by atoms with Crippen molar-refractivity contribution in [3.05, 3.63) is 0 Å². The second kappa shape index (κ2) is 6.21. The molecule has 0 radical (unpaired) electrons. The number of amides is 1. The molecule has 0 aromatic carbocycles. The molecule has 2 N–H and O–H groups in total. The maximum Gasteiger partial charge on any atom is 0.236 e. The molecule has 1 amide bonds. The van der Waals surface area contributed by atoms with Gasteiger partial charge in [0.15, 0.2) is 0 Å². The summed E-state index contributed by atoms with van der Waals surface area (Å²) in [6.07, 6.45) is 3.42. The SMILES string of the molecule is CCCNCC(=O)N1CCCC(C)(O)CC1. The van der Waals surface area contributed by atoms with Crippen LogP contribution in [0.5, 0.6) is 0 Å². The zero-order valence-electron chi connectivity index (χ0n) is 10.5. The Morgan fingerprint density at radius 3 is 2.88 bits per heavy atom. The van der Waals surface area contributed by atoms with Crippen molar-refractivity contribution in [1.82, 2.24) is 10.2 Å². The number of nitrogens with zero attached hydrogens (tertiary/aromatic N) is 1. The van der Waals surface area contributed by atoms with Crippen molar-refractivity contribution < 1.29 is 9.90 Å². The summed E-state index contributed by atoms with van der Waals surface area (Å²) in [6.45, 7) is 6.71. The van der Waals surface area contributed by atoms with Gasteiger partial charge in [-0.25, -0.2) is 0 Å². The van der Waals surface area contributed by atoms with Crippen LogP contribution in [0.25, 0.3) is 0 Å². The molecule has 94 valence electrons. The maximum atomic E-state index is 11.8. The van der Waals surface area contributed by atoms with Crippen molar-refractivity contribution >= 4 is 5.91 Å². The van der Waals surface area contributed by atoms with E-state index in [9.17, 15) is 9.90 Å². The van der Waals surface area contributed by atoms with Gasteiger partial charge in [0.05, 0.1) is 12.1 Å². The Balaban J connectivity index is 2.33. The average molecular weight is 228 g/mol. The van der Waals surface area contributed by atoms with Crippen molar-refractivity contribution in [3.8, 4) is 0 Å². The Kier molecular flexibility index (Phi) is 5.22. The van der Waals surface area contributed by atoms with Crippen LogP contribution in [0.3, 0.4) is 0 Å². The minimum absolute atomic E-state index is 0.158. The van der Waals surface area contributed by atoms with Gasteiger partial charge in [0, 0.05) is 13.1 Å². The summed E-state index contributed by atoms with van der Waals surface area (Å²) in [7, 11) is 0. The van der Waals surface area contributed by atoms with Crippen LogP contribution in [0.2, 0.25) is 0 Å². The summed E-state index contributed by atoms with van der Waals surface area (Å²) in [5.74, 6) is 0.158. The molecule has 0 bridgehead atoms. The number of likely N-dealkylation sites (tertiary alicyclic amines) is 1. The minimum Gasteiger partial charge on any atom is -0.390 e. The lowest BCUT2D eigenvalue weighted by Crippen LogP contribution is -2.39. The van der Waals surface area contributed by atoms with Gasteiger partial charge in [-0.05, 0) is 39.2 Å². The summed E-state index contributed by atoms with van der Waals surface area (Å²) in [4.78, 5) is 13.7. The first kappa shape index (κ1) is 13.5. The van der Waals surface area contributed by atoms with Crippen LogP contribution in [-0.4, -0.2) is 47.7 Å². The molecule has 1 aliphatic heterocycles. The van der Waals surface area contributed by atoms with Gasteiger partial charge in [-0.3, -0.25) is 4.79 Å². The fourth-order valence-corrected chi connectivity index (χ4v) is 2.00. The highest BCUT2D eigenvalue weighted by molar-refractivity contribution is 5.78. The van der Waals surface area contributed by atoms with E-state index >= 15 is 0 Å². The topological polar surface area (TPSA) is 52.6 Å². The van der Waals surface area contributed by atoms with E-state index in [0.29, 0.717) is 19.5 Å². The standard InChI is InChI=1S/C12H24N2O2/c1-3-7-13-10-11(15)14-8-4-5-12(2,16)6-9-14/h13,16H,3-10H2,1-2H3. The average Bonchev–Trinajstić information content (AvgIpc) is 2.39. The summed E-state index contributed by atoms with van der Waals surface area (Å²) in [5, 5.41) is 13.0. The minimum atomic E-state index is -0.591. The number of hydrogen-bond acceptors (Lipinski definition) is 3. The predicted molar refractivity (Wildman–Crippen MR) is 64.2 cm³/mol. The van der Waals surface area contributed by atoms with Crippen LogP contribution in [-0.2, 0) is 4.79 Å². The molecule has 16 heavy (non-hydrogen) atoms. The first-order chi connectivity index (χ1) is 7.55. The van der Waals surface area contributed by atoms with E-state index in [1.807, 2.05) is 11.8 Å². The highest BCUT2D eigenvalue weighted by Gasteiger charge is 2.26. The van der Waals surface area contributed by atoms with Gasteiger partial charge in [0.25, 0.3) is 0 Å². The van der Waals surface area contributed by atoms with E-state index in [1.165, 1.54) is 0 Å². The Bertz CT molecular complexity index is 229. The number of aliphatic hydroxyl groups is 1. The summed E-state index contributed by atoms with van der Waals surface area (Å²) < 4.78 is 0. The predicted octanol–water partition coefficient (Wildman–Crippen LogP) is 0.749. The Labute approximate surface area is 98.0 Å². The van der Waals surface area contributed by atoms with E-state index in [2.05, 4.69) is 12.2 Å². The van der Waals surface area contributed by atoms with Gasteiger partial charge >= 0.3 is 0 Å². The van der Waals surface area contributed by atoms with Gasteiger partial charge in [0.2, 0.25) is 5.91 Å². The number of nitrogens with one attached hydrogen (secondary N) is 1. The molecule has 0 spiro atoms. The quantitative estimate of drug-likeness (QED) is 0.698. The third kappa shape index (κ3) is 4.49. The molecule has 0 aliphatic carbocycles. The molecule has 1 fully saturated rings. The molecule has 1 rings (SSSR count). The normalized spacial score (nSPS) is 26.6. The van der Waals surface area contributed by atoms with Crippen LogP contribution in [0.1, 0.15) is 39.5 Å². The van der Waals surface area contributed by atoms with Crippen molar-refractivity contribution in [1.29, 1.82) is 0 Å². The van der Waals surface area contributed by atoms with E-state index in [-0.39, 0.29) is 5.91 Å². The van der Waals surface area contributed by atoms with Crippen LogP contribution in [0.4, 0.5) is 0 Å². The van der Waals surface area contributed by atoms with Crippen LogP contribution in [0, 0.1) is 0 Å². The first-order valence-electron chi connectivity index (χ1n) is 6.26. The van der Waals surface area contributed by atoms with Gasteiger partial charge < -0.3 is 15.3 Å². The molecule has 0 saturated carbocycles. The molecule has 4 heteroatoms. The van der Waals surface area contributed by atoms with Crippen LogP contribution < -0.4 is 5.32 Å².